The van der Waals surface area contributed by atoms with E-state index in [9.17, 15) is 22.0 Å². The maximum absolute atomic E-state index is 13.3. The van der Waals surface area contributed by atoms with E-state index in [2.05, 4.69) is 0 Å². The van der Waals surface area contributed by atoms with Crippen molar-refractivity contribution in [3.8, 4) is 0 Å². The van der Waals surface area contributed by atoms with Crippen molar-refractivity contribution in [3.63, 3.8) is 0 Å². The van der Waals surface area contributed by atoms with Crippen LogP contribution in [0.5, 0.6) is 0 Å². The van der Waals surface area contributed by atoms with Crippen molar-refractivity contribution in [3.05, 3.63) is 48.0 Å². The molecule has 2 aromatic carbocycles. The van der Waals surface area contributed by atoms with Crippen LogP contribution in [0.25, 0.3) is 10.8 Å². The van der Waals surface area contributed by atoms with Crippen molar-refractivity contribution >= 4 is 10.8 Å². The Morgan fingerprint density at radius 3 is 1.94 bits per heavy atom. The van der Waals surface area contributed by atoms with Crippen molar-refractivity contribution in [2.45, 2.75) is 12.1 Å². The second-order valence-electron chi connectivity index (χ2n) is 3.60. The van der Waals surface area contributed by atoms with Gasteiger partial charge >= 0.3 is 12.1 Å². The molecule has 0 saturated carbocycles. The molecule has 0 aliphatic carbocycles. The van der Waals surface area contributed by atoms with Crippen molar-refractivity contribution < 1.29 is 22.0 Å². The third-order valence-electron chi connectivity index (χ3n) is 2.48. The molecule has 2 rings (SSSR count). The summed E-state index contributed by atoms with van der Waals surface area (Å²) in [5.74, 6) is -4.84. The van der Waals surface area contributed by atoms with E-state index in [1.54, 1.807) is 6.07 Å². The highest BCUT2D eigenvalue weighted by atomic mass is 19.4. The summed E-state index contributed by atoms with van der Waals surface area (Å²) in [6, 6.07) is 9.24. The Bertz CT molecular complexity index is 537. The van der Waals surface area contributed by atoms with E-state index in [-0.39, 0.29) is 5.39 Å². The van der Waals surface area contributed by atoms with Gasteiger partial charge in [-0.05, 0) is 10.8 Å². The van der Waals surface area contributed by atoms with Crippen LogP contribution < -0.4 is 0 Å². The molecule has 0 amide bonds. The number of benzene rings is 2. The summed E-state index contributed by atoms with van der Waals surface area (Å²) in [5, 5.41) is 0.270. The van der Waals surface area contributed by atoms with Crippen LogP contribution in [0, 0.1) is 0 Å². The molecule has 0 fully saturated rings. The van der Waals surface area contributed by atoms with Gasteiger partial charge in [-0.15, -0.1) is 0 Å². The zero-order valence-electron chi connectivity index (χ0n) is 8.43. The highest BCUT2D eigenvalue weighted by Gasteiger charge is 2.59. The monoisotopic (exact) mass is 246 g/mol. The Hall–Kier alpha value is -1.65. The average Bonchev–Trinajstić information content (AvgIpc) is 2.26. The van der Waals surface area contributed by atoms with E-state index < -0.39 is 17.7 Å². The Morgan fingerprint density at radius 1 is 0.706 bits per heavy atom. The Labute approximate surface area is 93.7 Å². The predicted molar refractivity (Wildman–Crippen MR) is 53.9 cm³/mol. The van der Waals surface area contributed by atoms with Crippen LogP contribution in [-0.4, -0.2) is 6.18 Å². The fourth-order valence-corrected chi connectivity index (χ4v) is 1.65. The van der Waals surface area contributed by atoms with Crippen LogP contribution in [-0.2, 0) is 5.92 Å². The van der Waals surface area contributed by atoms with Crippen LogP contribution in [0.4, 0.5) is 22.0 Å². The average molecular weight is 246 g/mol. The smallest absolute Gasteiger partial charge is 0.191 e. The van der Waals surface area contributed by atoms with Crippen molar-refractivity contribution in [1.29, 1.82) is 0 Å². The van der Waals surface area contributed by atoms with E-state index in [4.69, 9.17) is 0 Å². The molecule has 0 radical (unpaired) electrons. The van der Waals surface area contributed by atoms with Gasteiger partial charge in [0.1, 0.15) is 0 Å². The van der Waals surface area contributed by atoms with Crippen LogP contribution >= 0.6 is 0 Å². The molecule has 90 valence electrons. The van der Waals surface area contributed by atoms with E-state index in [1.165, 1.54) is 30.3 Å². The molecular formula is C12H7F5. The standard InChI is InChI=1S/C12H7F5/c13-11(14,12(15,16)17)10-7-3-5-8-4-1-2-6-9(8)10/h1-7H. The van der Waals surface area contributed by atoms with Gasteiger partial charge in [0.15, 0.2) is 0 Å². The van der Waals surface area contributed by atoms with E-state index >= 15 is 0 Å². The van der Waals surface area contributed by atoms with Crippen molar-refractivity contribution in [2.24, 2.45) is 0 Å². The lowest BCUT2D eigenvalue weighted by Crippen LogP contribution is -2.33. The normalized spacial score (nSPS) is 13.0. The number of hydrogen-bond donors (Lipinski definition) is 0. The molecule has 0 spiro atoms. The van der Waals surface area contributed by atoms with Gasteiger partial charge in [-0.1, -0.05) is 42.5 Å². The van der Waals surface area contributed by atoms with Crippen LogP contribution in [0.2, 0.25) is 0 Å². The van der Waals surface area contributed by atoms with E-state index in [0.29, 0.717) is 5.39 Å². The summed E-state index contributed by atoms with van der Waals surface area (Å²) < 4.78 is 63.4. The molecule has 0 nitrogen and oxygen atoms in total. The van der Waals surface area contributed by atoms with Gasteiger partial charge < -0.3 is 0 Å². The van der Waals surface area contributed by atoms with Gasteiger partial charge in [0, 0.05) is 5.56 Å². The maximum atomic E-state index is 13.3. The molecule has 0 aromatic heterocycles. The molecule has 0 aliphatic heterocycles. The minimum atomic E-state index is -5.59. The molecule has 0 unspecified atom stereocenters. The minimum absolute atomic E-state index is 0.0858. The summed E-state index contributed by atoms with van der Waals surface area (Å²) >= 11 is 0. The lowest BCUT2D eigenvalue weighted by Gasteiger charge is -2.21. The van der Waals surface area contributed by atoms with E-state index in [1.807, 2.05) is 0 Å². The van der Waals surface area contributed by atoms with Crippen LogP contribution in [0.15, 0.2) is 42.5 Å². The van der Waals surface area contributed by atoms with Gasteiger partial charge in [0.2, 0.25) is 0 Å². The third-order valence-corrected chi connectivity index (χ3v) is 2.48. The molecule has 0 atom stereocenters. The quantitative estimate of drug-likeness (QED) is 0.650. The molecule has 0 N–H and O–H groups in total. The van der Waals surface area contributed by atoms with Crippen molar-refractivity contribution in [2.75, 3.05) is 0 Å². The lowest BCUT2D eigenvalue weighted by atomic mass is 9.99. The zero-order chi connectivity index (χ0) is 12.7. The third kappa shape index (κ3) is 1.85. The first-order valence-corrected chi connectivity index (χ1v) is 4.77. The largest absolute Gasteiger partial charge is 0.458 e. The van der Waals surface area contributed by atoms with Gasteiger partial charge in [-0.2, -0.15) is 22.0 Å². The fraction of sp³-hybridized carbons (Fsp3) is 0.167. The van der Waals surface area contributed by atoms with E-state index in [0.717, 1.165) is 6.07 Å². The highest BCUT2D eigenvalue weighted by molar-refractivity contribution is 5.86. The number of halogens is 5. The molecule has 0 aliphatic rings. The first-order chi connectivity index (χ1) is 7.84. The SMILES string of the molecule is FC(F)(F)C(F)(F)c1cccc2ccccc12. The molecule has 5 heteroatoms. The summed E-state index contributed by atoms with van der Waals surface area (Å²) in [6.45, 7) is 0. The number of rotatable bonds is 1. The van der Waals surface area contributed by atoms with Crippen LogP contribution in [0.3, 0.4) is 0 Å². The Morgan fingerprint density at radius 2 is 1.29 bits per heavy atom. The minimum Gasteiger partial charge on any atom is -0.191 e. The van der Waals surface area contributed by atoms with Crippen molar-refractivity contribution in [1.82, 2.24) is 0 Å². The maximum Gasteiger partial charge on any atom is 0.458 e. The number of hydrogen-bond acceptors (Lipinski definition) is 0. The number of fused-ring (bicyclic) bond motifs is 1. The van der Waals surface area contributed by atoms with Crippen LogP contribution in [0.1, 0.15) is 5.56 Å². The summed E-state index contributed by atoms with van der Waals surface area (Å²) in [7, 11) is 0. The summed E-state index contributed by atoms with van der Waals surface area (Å²) in [6.07, 6.45) is -5.59. The summed E-state index contributed by atoms with van der Waals surface area (Å²) in [5.41, 5.74) is -1.01. The topological polar surface area (TPSA) is 0 Å². The summed E-state index contributed by atoms with van der Waals surface area (Å²) in [4.78, 5) is 0. The Balaban J connectivity index is 2.72. The van der Waals surface area contributed by atoms with Gasteiger partial charge in [-0.3, -0.25) is 0 Å². The lowest BCUT2D eigenvalue weighted by molar-refractivity contribution is -0.288. The van der Waals surface area contributed by atoms with Gasteiger partial charge in [0.05, 0.1) is 0 Å². The molecule has 2 aromatic rings. The molecule has 17 heavy (non-hydrogen) atoms. The van der Waals surface area contributed by atoms with Gasteiger partial charge in [0.25, 0.3) is 0 Å². The van der Waals surface area contributed by atoms with Gasteiger partial charge in [-0.25, -0.2) is 0 Å². The molecule has 0 bridgehead atoms. The molecular weight excluding hydrogens is 239 g/mol. The zero-order valence-corrected chi connectivity index (χ0v) is 8.43. The fourth-order valence-electron chi connectivity index (χ4n) is 1.65. The highest BCUT2D eigenvalue weighted by Crippen LogP contribution is 2.45. The molecule has 0 heterocycles. The first kappa shape index (κ1) is 11.8. The second-order valence-corrected chi connectivity index (χ2v) is 3.60. The molecule has 0 saturated heterocycles. The first-order valence-electron chi connectivity index (χ1n) is 4.77. The Kier molecular flexibility index (Phi) is 2.56. The predicted octanol–water partition coefficient (Wildman–Crippen LogP) is 4.49. The second kappa shape index (κ2) is 3.68. The number of alkyl halides is 5.